The van der Waals surface area contributed by atoms with Gasteiger partial charge in [0.15, 0.2) is 11.5 Å². The zero-order valence-corrected chi connectivity index (χ0v) is 20.1. The average Bonchev–Trinajstić information content (AvgIpc) is 3.37. The Bertz CT molecular complexity index is 1360. The smallest absolute Gasteiger partial charge is 0.295 e. The van der Waals surface area contributed by atoms with Crippen LogP contribution in [0.2, 0.25) is 0 Å². The molecule has 2 aliphatic heterocycles. The molecule has 1 saturated heterocycles. The Morgan fingerprint density at radius 1 is 1.08 bits per heavy atom. The van der Waals surface area contributed by atoms with Crippen LogP contribution in [0.25, 0.3) is 5.76 Å². The lowest BCUT2D eigenvalue weighted by atomic mass is 9.94. The zero-order chi connectivity index (χ0) is 25.4. The highest BCUT2D eigenvalue weighted by atomic mass is 16.5. The van der Waals surface area contributed by atoms with Gasteiger partial charge in [-0.25, -0.2) is 0 Å². The van der Waals surface area contributed by atoms with E-state index >= 15 is 0 Å². The summed E-state index contributed by atoms with van der Waals surface area (Å²) in [6.07, 6.45) is 0.723. The minimum absolute atomic E-state index is 0.00372. The van der Waals surface area contributed by atoms with Crippen LogP contribution >= 0.6 is 0 Å². The number of amides is 1. The summed E-state index contributed by atoms with van der Waals surface area (Å²) in [5, 5.41) is 21.6. The van der Waals surface area contributed by atoms with E-state index in [1.807, 2.05) is 37.3 Å². The standard InChI is InChI=1S/C29H27NO6/c1-3-35-24-15-19(9-11-22(24)31)26-25(27(32)20-10-12-23-21(14-20)13-17(2)36-23)28(33)29(34)30(26)16-18-7-5-4-6-8-18/h4-12,14-15,17,26,31-32H,3,13,16H2,1-2H3/b27-25+/t17-,26+/m0/s1. The molecule has 0 saturated carbocycles. The van der Waals surface area contributed by atoms with Crippen LogP contribution in [0, 0.1) is 0 Å². The number of aromatic hydroxyl groups is 1. The van der Waals surface area contributed by atoms with Gasteiger partial charge in [-0.3, -0.25) is 9.59 Å². The van der Waals surface area contributed by atoms with Crippen LogP contribution in [0.1, 0.15) is 42.1 Å². The molecule has 2 heterocycles. The van der Waals surface area contributed by atoms with Crippen LogP contribution in [0.4, 0.5) is 0 Å². The topological polar surface area (TPSA) is 96.3 Å². The van der Waals surface area contributed by atoms with E-state index in [2.05, 4.69) is 0 Å². The molecule has 3 aromatic carbocycles. The highest BCUT2D eigenvalue weighted by molar-refractivity contribution is 6.46. The van der Waals surface area contributed by atoms with E-state index < -0.39 is 17.7 Å². The molecule has 2 atom stereocenters. The lowest BCUT2D eigenvalue weighted by molar-refractivity contribution is -0.140. The number of phenols is 1. The van der Waals surface area contributed by atoms with Gasteiger partial charge in [0.05, 0.1) is 18.2 Å². The van der Waals surface area contributed by atoms with E-state index in [-0.39, 0.29) is 35.5 Å². The third-order valence-corrected chi connectivity index (χ3v) is 6.50. The van der Waals surface area contributed by atoms with Crippen molar-refractivity contribution >= 4 is 17.4 Å². The van der Waals surface area contributed by atoms with Crippen molar-refractivity contribution in [2.45, 2.75) is 39.0 Å². The fourth-order valence-electron chi connectivity index (χ4n) is 4.87. The number of aliphatic hydroxyl groups is 1. The lowest BCUT2D eigenvalue weighted by Gasteiger charge is -2.26. The molecule has 0 bridgehead atoms. The molecule has 7 heteroatoms. The predicted octanol–water partition coefficient (Wildman–Crippen LogP) is 4.74. The SMILES string of the molecule is CCOc1cc([C@@H]2/C(=C(\O)c3ccc4c(c3)C[C@H](C)O4)C(=O)C(=O)N2Cc2ccccc2)ccc1O. The Kier molecular flexibility index (Phi) is 6.14. The van der Waals surface area contributed by atoms with Gasteiger partial charge in [-0.05, 0) is 60.9 Å². The summed E-state index contributed by atoms with van der Waals surface area (Å²) in [5.41, 5.74) is 2.77. The Hall–Kier alpha value is -4.26. The first-order valence-electron chi connectivity index (χ1n) is 12.0. The summed E-state index contributed by atoms with van der Waals surface area (Å²) in [4.78, 5) is 28.1. The number of fused-ring (bicyclic) bond motifs is 1. The third kappa shape index (κ3) is 4.17. The van der Waals surface area contributed by atoms with Crippen LogP contribution in [-0.2, 0) is 22.6 Å². The van der Waals surface area contributed by atoms with E-state index in [1.54, 1.807) is 37.3 Å². The monoisotopic (exact) mass is 485 g/mol. The summed E-state index contributed by atoms with van der Waals surface area (Å²) in [6.45, 7) is 4.27. The molecule has 0 spiro atoms. The number of ketones is 1. The van der Waals surface area contributed by atoms with Crippen molar-refractivity contribution in [3.8, 4) is 17.2 Å². The maximum Gasteiger partial charge on any atom is 0.295 e. The minimum Gasteiger partial charge on any atom is -0.507 e. The van der Waals surface area contributed by atoms with Crippen LogP contribution < -0.4 is 9.47 Å². The first kappa shape index (κ1) is 23.5. The van der Waals surface area contributed by atoms with E-state index in [0.717, 1.165) is 16.9 Å². The number of phenolic OH excluding ortho intramolecular Hbond substituents is 1. The zero-order valence-electron chi connectivity index (χ0n) is 20.1. The number of ether oxygens (including phenoxy) is 2. The van der Waals surface area contributed by atoms with Crippen molar-refractivity contribution < 1.29 is 29.3 Å². The Morgan fingerprint density at radius 3 is 2.61 bits per heavy atom. The maximum atomic E-state index is 13.4. The molecular formula is C29H27NO6. The van der Waals surface area contributed by atoms with Crippen molar-refractivity contribution in [3.05, 3.63) is 94.6 Å². The van der Waals surface area contributed by atoms with Crippen LogP contribution in [0.3, 0.4) is 0 Å². The van der Waals surface area contributed by atoms with Crippen molar-refractivity contribution in [3.63, 3.8) is 0 Å². The molecule has 0 radical (unpaired) electrons. The Morgan fingerprint density at radius 2 is 1.86 bits per heavy atom. The number of nitrogens with zero attached hydrogens (tertiary/aromatic N) is 1. The normalized spacial score (nSPS) is 20.3. The molecular weight excluding hydrogens is 458 g/mol. The molecule has 1 amide bonds. The number of benzene rings is 3. The number of likely N-dealkylation sites (tertiary alicyclic amines) is 1. The molecule has 2 aliphatic rings. The highest BCUT2D eigenvalue weighted by Crippen LogP contribution is 2.43. The number of carbonyl (C=O) groups excluding carboxylic acids is 2. The second-order valence-electron chi connectivity index (χ2n) is 9.03. The van der Waals surface area contributed by atoms with E-state index in [0.29, 0.717) is 24.2 Å². The van der Waals surface area contributed by atoms with Crippen molar-refractivity contribution in [2.75, 3.05) is 6.61 Å². The van der Waals surface area contributed by atoms with Gasteiger partial charge in [-0.15, -0.1) is 0 Å². The summed E-state index contributed by atoms with van der Waals surface area (Å²) in [5.74, 6) is -0.765. The number of Topliss-reactive ketones (excluding diaryl/α,β-unsaturated/α-hetero) is 1. The third-order valence-electron chi connectivity index (χ3n) is 6.50. The Balaban J connectivity index is 1.65. The van der Waals surface area contributed by atoms with Gasteiger partial charge in [-0.1, -0.05) is 36.4 Å². The van der Waals surface area contributed by atoms with Gasteiger partial charge in [0.25, 0.3) is 11.7 Å². The van der Waals surface area contributed by atoms with Crippen LogP contribution in [0.5, 0.6) is 17.2 Å². The molecule has 1 fully saturated rings. The molecule has 0 aromatic heterocycles. The van der Waals surface area contributed by atoms with E-state index in [4.69, 9.17) is 9.47 Å². The van der Waals surface area contributed by atoms with Crippen molar-refractivity contribution in [1.29, 1.82) is 0 Å². The van der Waals surface area contributed by atoms with Gasteiger partial charge in [0.2, 0.25) is 0 Å². The van der Waals surface area contributed by atoms with Crippen LogP contribution in [0.15, 0.2) is 72.3 Å². The molecule has 5 rings (SSSR count). The maximum absolute atomic E-state index is 13.4. The largest absolute Gasteiger partial charge is 0.507 e. The van der Waals surface area contributed by atoms with Crippen molar-refractivity contribution in [1.82, 2.24) is 4.90 Å². The number of rotatable bonds is 6. The molecule has 0 unspecified atom stereocenters. The first-order valence-corrected chi connectivity index (χ1v) is 12.0. The fourth-order valence-corrected chi connectivity index (χ4v) is 4.87. The number of carbonyl (C=O) groups is 2. The molecule has 184 valence electrons. The second-order valence-corrected chi connectivity index (χ2v) is 9.03. The van der Waals surface area contributed by atoms with Gasteiger partial charge in [0, 0.05) is 18.5 Å². The van der Waals surface area contributed by atoms with Crippen LogP contribution in [-0.4, -0.2) is 39.5 Å². The number of hydrogen-bond acceptors (Lipinski definition) is 6. The van der Waals surface area contributed by atoms with Gasteiger partial charge in [0.1, 0.15) is 17.6 Å². The average molecular weight is 486 g/mol. The minimum atomic E-state index is -0.867. The number of hydrogen-bond donors (Lipinski definition) is 2. The van der Waals surface area contributed by atoms with E-state index in [9.17, 15) is 19.8 Å². The van der Waals surface area contributed by atoms with Gasteiger partial charge in [-0.2, -0.15) is 0 Å². The quantitative estimate of drug-likeness (QED) is 0.298. The van der Waals surface area contributed by atoms with Gasteiger partial charge >= 0.3 is 0 Å². The predicted molar refractivity (Wildman–Crippen MR) is 134 cm³/mol. The molecule has 2 N–H and O–H groups in total. The van der Waals surface area contributed by atoms with E-state index in [1.165, 1.54) is 11.0 Å². The summed E-state index contributed by atoms with van der Waals surface area (Å²) in [6, 6.07) is 18.5. The van der Waals surface area contributed by atoms with Gasteiger partial charge < -0.3 is 24.6 Å². The second kappa shape index (κ2) is 9.41. The summed E-state index contributed by atoms with van der Waals surface area (Å²) in [7, 11) is 0. The molecule has 3 aromatic rings. The number of aliphatic hydroxyl groups excluding tert-OH is 1. The molecule has 7 nitrogen and oxygen atoms in total. The van der Waals surface area contributed by atoms with Crippen molar-refractivity contribution in [2.24, 2.45) is 0 Å². The summed E-state index contributed by atoms with van der Waals surface area (Å²) < 4.78 is 11.3. The summed E-state index contributed by atoms with van der Waals surface area (Å²) >= 11 is 0. The Labute approximate surface area is 209 Å². The molecule has 36 heavy (non-hydrogen) atoms. The lowest BCUT2D eigenvalue weighted by Crippen LogP contribution is -2.29. The molecule has 0 aliphatic carbocycles. The fraction of sp³-hybridized carbons (Fsp3) is 0.241. The first-order chi connectivity index (χ1) is 17.4. The highest BCUT2D eigenvalue weighted by Gasteiger charge is 2.46.